The van der Waals surface area contributed by atoms with Gasteiger partial charge in [0.05, 0.1) is 13.1 Å². The average Bonchev–Trinajstić information content (AvgIpc) is 2.55. The lowest BCUT2D eigenvalue weighted by atomic mass is 10.2. The molecule has 1 aliphatic rings. The molecule has 128 valence electrons. The molecule has 2 rings (SSSR count). The van der Waals surface area contributed by atoms with E-state index in [2.05, 4.69) is 15.5 Å². The molecule has 1 heterocycles. The van der Waals surface area contributed by atoms with Gasteiger partial charge in [-0.3, -0.25) is 14.5 Å². The van der Waals surface area contributed by atoms with E-state index in [4.69, 9.17) is 0 Å². The highest BCUT2D eigenvalue weighted by Gasteiger charge is 2.21. The van der Waals surface area contributed by atoms with Crippen LogP contribution < -0.4 is 10.6 Å². The lowest BCUT2D eigenvalue weighted by molar-refractivity contribution is -0.132. The van der Waals surface area contributed by atoms with Crippen molar-refractivity contribution in [1.29, 1.82) is 0 Å². The minimum Gasteiger partial charge on any atom is -0.351 e. The van der Waals surface area contributed by atoms with Crippen LogP contribution in [0.3, 0.4) is 0 Å². The van der Waals surface area contributed by atoms with E-state index in [0.29, 0.717) is 32.7 Å². The van der Waals surface area contributed by atoms with Crippen molar-refractivity contribution in [2.75, 3.05) is 46.3 Å². The van der Waals surface area contributed by atoms with Gasteiger partial charge in [0, 0.05) is 32.7 Å². The third-order valence-electron chi connectivity index (χ3n) is 3.75. The molecular weight excluding hydrogens is 316 g/mol. The fourth-order valence-electron chi connectivity index (χ4n) is 2.47. The Morgan fingerprint density at radius 1 is 1.09 bits per heavy atom. The van der Waals surface area contributed by atoms with Crippen LogP contribution >= 0.6 is 12.4 Å². The first-order valence-electron chi connectivity index (χ1n) is 7.64. The zero-order chi connectivity index (χ0) is 15.8. The highest BCUT2D eigenvalue weighted by atomic mass is 35.5. The van der Waals surface area contributed by atoms with Crippen LogP contribution in [0.1, 0.15) is 5.56 Å². The SMILES string of the molecule is CNCC(=O)N1CCN(CC(=O)NCc2ccccc2)CC1.Cl. The van der Waals surface area contributed by atoms with Gasteiger partial charge in [0.15, 0.2) is 0 Å². The molecule has 0 aliphatic carbocycles. The molecular formula is C16H25ClN4O2. The smallest absolute Gasteiger partial charge is 0.236 e. The van der Waals surface area contributed by atoms with E-state index in [1.807, 2.05) is 35.2 Å². The number of carbonyl (C=O) groups excluding carboxylic acids is 2. The van der Waals surface area contributed by atoms with Gasteiger partial charge in [0.2, 0.25) is 11.8 Å². The van der Waals surface area contributed by atoms with Crippen molar-refractivity contribution in [2.24, 2.45) is 0 Å². The van der Waals surface area contributed by atoms with Crippen molar-refractivity contribution < 1.29 is 9.59 Å². The summed E-state index contributed by atoms with van der Waals surface area (Å²) in [6, 6.07) is 9.87. The highest BCUT2D eigenvalue weighted by Crippen LogP contribution is 2.02. The molecule has 1 fully saturated rings. The Labute approximate surface area is 143 Å². The molecule has 2 N–H and O–H groups in total. The molecule has 1 saturated heterocycles. The second-order valence-electron chi connectivity index (χ2n) is 5.45. The summed E-state index contributed by atoms with van der Waals surface area (Å²) in [6.07, 6.45) is 0. The number of rotatable bonds is 6. The van der Waals surface area contributed by atoms with Crippen molar-refractivity contribution in [3.63, 3.8) is 0 Å². The van der Waals surface area contributed by atoms with Gasteiger partial charge in [0.25, 0.3) is 0 Å². The Kier molecular flexibility index (Phi) is 8.61. The van der Waals surface area contributed by atoms with Gasteiger partial charge in [-0.1, -0.05) is 30.3 Å². The molecule has 7 heteroatoms. The molecule has 6 nitrogen and oxygen atoms in total. The molecule has 2 amide bonds. The van der Waals surface area contributed by atoms with Crippen LogP contribution in [0.15, 0.2) is 30.3 Å². The molecule has 23 heavy (non-hydrogen) atoms. The first-order chi connectivity index (χ1) is 10.7. The second-order valence-corrected chi connectivity index (χ2v) is 5.45. The number of nitrogens with zero attached hydrogens (tertiary/aromatic N) is 2. The maximum absolute atomic E-state index is 12.0. The van der Waals surface area contributed by atoms with Crippen LogP contribution in [0, 0.1) is 0 Å². The molecule has 1 aliphatic heterocycles. The number of benzene rings is 1. The van der Waals surface area contributed by atoms with E-state index >= 15 is 0 Å². The molecule has 1 aromatic rings. The average molecular weight is 341 g/mol. The highest BCUT2D eigenvalue weighted by molar-refractivity contribution is 5.85. The van der Waals surface area contributed by atoms with Gasteiger partial charge in [-0.25, -0.2) is 0 Å². The van der Waals surface area contributed by atoms with E-state index in [0.717, 1.165) is 18.7 Å². The fraction of sp³-hybridized carbons (Fsp3) is 0.500. The Bertz CT molecular complexity index is 490. The third kappa shape index (κ3) is 6.56. The van der Waals surface area contributed by atoms with E-state index in [-0.39, 0.29) is 24.2 Å². The molecule has 0 spiro atoms. The standard InChI is InChI=1S/C16H24N4O2.ClH/c1-17-12-16(22)20-9-7-19(8-10-20)13-15(21)18-11-14-5-3-2-4-6-14;/h2-6,17H,7-13H2,1H3,(H,18,21);1H. The number of amides is 2. The second kappa shape index (κ2) is 10.2. The fourth-order valence-corrected chi connectivity index (χ4v) is 2.47. The number of piperazine rings is 1. The van der Waals surface area contributed by atoms with Gasteiger partial charge in [-0.2, -0.15) is 0 Å². The minimum atomic E-state index is 0. The lowest BCUT2D eigenvalue weighted by Gasteiger charge is -2.34. The van der Waals surface area contributed by atoms with Crippen molar-refractivity contribution >= 4 is 24.2 Å². The topological polar surface area (TPSA) is 64.7 Å². The van der Waals surface area contributed by atoms with Gasteiger partial charge in [-0.15, -0.1) is 12.4 Å². The summed E-state index contributed by atoms with van der Waals surface area (Å²) >= 11 is 0. The van der Waals surface area contributed by atoms with Crippen LogP contribution in [0.4, 0.5) is 0 Å². The van der Waals surface area contributed by atoms with Crippen LogP contribution in [0.2, 0.25) is 0 Å². The van der Waals surface area contributed by atoms with Crippen LogP contribution in [0.25, 0.3) is 0 Å². The molecule has 0 unspecified atom stereocenters. The zero-order valence-corrected chi connectivity index (χ0v) is 14.3. The van der Waals surface area contributed by atoms with E-state index in [9.17, 15) is 9.59 Å². The normalized spacial score (nSPS) is 14.9. The van der Waals surface area contributed by atoms with Crippen LogP contribution in [0.5, 0.6) is 0 Å². The van der Waals surface area contributed by atoms with E-state index in [1.54, 1.807) is 7.05 Å². The van der Waals surface area contributed by atoms with Crippen molar-refractivity contribution in [1.82, 2.24) is 20.4 Å². The summed E-state index contributed by atoms with van der Waals surface area (Å²) in [5, 5.41) is 5.80. The molecule has 1 aromatic carbocycles. The van der Waals surface area contributed by atoms with Crippen molar-refractivity contribution in [3.8, 4) is 0 Å². The van der Waals surface area contributed by atoms with Crippen molar-refractivity contribution in [2.45, 2.75) is 6.54 Å². The maximum Gasteiger partial charge on any atom is 0.236 e. The number of likely N-dealkylation sites (N-methyl/N-ethyl adjacent to an activating group) is 1. The predicted octanol–water partition coefficient (Wildman–Crippen LogP) is 0.0882. The monoisotopic (exact) mass is 340 g/mol. The summed E-state index contributed by atoms with van der Waals surface area (Å²) < 4.78 is 0. The molecule has 0 bridgehead atoms. The van der Waals surface area contributed by atoms with Crippen LogP contribution in [-0.2, 0) is 16.1 Å². The summed E-state index contributed by atoms with van der Waals surface area (Å²) in [6.45, 7) is 4.18. The van der Waals surface area contributed by atoms with Gasteiger partial charge < -0.3 is 15.5 Å². The Morgan fingerprint density at radius 3 is 2.35 bits per heavy atom. The summed E-state index contributed by atoms with van der Waals surface area (Å²) in [5.74, 6) is 0.148. The maximum atomic E-state index is 12.0. The zero-order valence-electron chi connectivity index (χ0n) is 13.5. The van der Waals surface area contributed by atoms with Crippen LogP contribution in [-0.4, -0.2) is 67.9 Å². The first kappa shape index (κ1) is 19.4. The first-order valence-corrected chi connectivity index (χ1v) is 7.64. The number of carbonyl (C=O) groups is 2. The van der Waals surface area contributed by atoms with Gasteiger partial charge >= 0.3 is 0 Å². The number of hydrogen-bond donors (Lipinski definition) is 2. The summed E-state index contributed by atoms with van der Waals surface area (Å²) in [4.78, 5) is 27.6. The number of hydrogen-bond acceptors (Lipinski definition) is 4. The van der Waals surface area contributed by atoms with E-state index in [1.165, 1.54) is 0 Å². The molecule has 0 radical (unpaired) electrons. The third-order valence-corrected chi connectivity index (χ3v) is 3.75. The summed E-state index contributed by atoms with van der Waals surface area (Å²) in [7, 11) is 1.77. The number of halogens is 1. The Morgan fingerprint density at radius 2 is 1.74 bits per heavy atom. The number of nitrogens with one attached hydrogen (secondary N) is 2. The summed E-state index contributed by atoms with van der Waals surface area (Å²) in [5.41, 5.74) is 1.10. The van der Waals surface area contributed by atoms with Gasteiger partial charge in [-0.05, 0) is 12.6 Å². The molecule has 0 atom stereocenters. The lowest BCUT2D eigenvalue weighted by Crippen LogP contribution is -2.52. The minimum absolute atomic E-state index is 0. The Balaban J connectivity index is 0.00000264. The Hall–Kier alpha value is -1.63. The van der Waals surface area contributed by atoms with Gasteiger partial charge in [0.1, 0.15) is 0 Å². The quantitative estimate of drug-likeness (QED) is 0.770. The largest absolute Gasteiger partial charge is 0.351 e. The van der Waals surface area contributed by atoms with E-state index < -0.39 is 0 Å². The predicted molar refractivity (Wildman–Crippen MR) is 92.5 cm³/mol. The molecule has 0 aromatic heterocycles. The molecule has 0 saturated carbocycles. The van der Waals surface area contributed by atoms with Crippen molar-refractivity contribution in [3.05, 3.63) is 35.9 Å².